The van der Waals surface area contributed by atoms with Crippen LogP contribution in [0.5, 0.6) is 0 Å². The lowest BCUT2D eigenvalue weighted by Gasteiger charge is -2.42. The maximum atomic E-state index is 2.45. The quantitative estimate of drug-likeness (QED) is 0.663. The molecule has 0 heteroatoms. The Morgan fingerprint density at radius 2 is 1.82 bits per heavy atom. The summed E-state index contributed by atoms with van der Waals surface area (Å²) in [5.41, 5.74) is 3.24. The fourth-order valence-corrected chi connectivity index (χ4v) is 3.65. The lowest BCUT2D eigenvalue weighted by molar-refractivity contribution is 0.164. The second-order valence-electron chi connectivity index (χ2n) is 6.46. The highest BCUT2D eigenvalue weighted by Gasteiger charge is 2.36. The Bertz CT molecular complexity index is 375. The van der Waals surface area contributed by atoms with Crippen molar-refractivity contribution in [3.8, 4) is 0 Å². The van der Waals surface area contributed by atoms with Gasteiger partial charge in [-0.1, -0.05) is 69.9 Å². The molecular weight excluding hydrogens is 204 g/mol. The molecule has 0 aliphatic heterocycles. The molecule has 2 rings (SSSR count). The van der Waals surface area contributed by atoms with Crippen LogP contribution in [0.4, 0.5) is 0 Å². The highest BCUT2D eigenvalue weighted by Crippen LogP contribution is 2.43. The van der Waals surface area contributed by atoms with Crippen molar-refractivity contribution in [1.82, 2.24) is 0 Å². The zero-order valence-electron chi connectivity index (χ0n) is 11.8. The molecule has 1 aromatic rings. The molecular formula is C17H26. The lowest BCUT2D eigenvalue weighted by atomic mass is 9.63. The standard InChI is InChI=1S/C17H26/c1-13-8-7-10-15(12-13)17(3,4)16-11-6-5-9-14(16)2/h7-8,10,12,14,16H,5-6,9,11H2,1-4H3. The predicted octanol–water partition coefficient (Wildman–Crippen LogP) is 5.10. The van der Waals surface area contributed by atoms with E-state index in [9.17, 15) is 0 Å². The van der Waals surface area contributed by atoms with Crippen molar-refractivity contribution in [3.05, 3.63) is 35.4 Å². The maximum absolute atomic E-state index is 2.45. The molecule has 17 heavy (non-hydrogen) atoms. The number of hydrogen-bond donors (Lipinski definition) is 0. The summed E-state index contributed by atoms with van der Waals surface area (Å²) in [6, 6.07) is 9.10. The molecule has 0 radical (unpaired) electrons. The highest BCUT2D eigenvalue weighted by atomic mass is 14.4. The summed E-state index contributed by atoms with van der Waals surface area (Å²) in [6.45, 7) is 9.52. The Hall–Kier alpha value is -0.780. The Labute approximate surface area is 106 Å². The maximum Gasteiger partial charge on any atom is -0.00727 e. The first-order chi connectivity index (χ1) is 8.01. The van der Waals surface area contributed by atoms with Crippen molar-refractivity contribution in [2.75, 3.05) is 0 Å². The second kappa shape index (κ2) is 4.84. The molecule has 1 aromatic carbocycles. The molecule has 0 bridgehead atoms. The fraction of sp³-hybridized carbons (Fsp3) is 0.647. The number of rotatable bonds is 2. The van der Waals surface area contributed by atoms with Crippen molar-refractivity contribution in [3.63, 3.8) is 0 Å². The van der Waals surface area contributed by atoms with Crippen molar-refractivity contribution in [2.45, 2.75) is 58.8 Å². The molecule has 0 N–H and O–H groups in total. The van der Waals surface area contributed by atoms with Gasteiger partial charge in [-0.25, -0.2) is 0 Å². The summed E-state index contributed by atoms with van der Waals surface area (Å²) in [5.74, 6) is 1.72. The molecule has 0 spiro atoms. The van der Waals surface area contributed by atoms with Gasteiger partial charge in [0.1, 0.15) is 0 Å². The van der Waals surface area contributed by atoms with E-state index in [0.29, 0.717) is 5.41 Å². The summed E-state index contributed by atoms with van der Waals surface area (Å²) < 4.78 is 0. The van der Waals surface area contributed by atoms with Gasteiger partial charge in [-0.2, -0.15) is 0 Å². The number of benzene rings is 1. The van der Waals surface area contributed by atoms with Crippen LogP contribution < -0.4 is 0 Å². The van der Waals surface area contributed by atoms with Crippen LogP contribution in [0, 0.1) is 18.8 Å². The minimum absolute atomic E-state index is 0.325. The first-order valence-electron chi connectivity index (χ1n) is 7.09. The van der Waals surface area contributed by atoms with Gasteiger partial charge in [0.05, 0.1) is 0 Å². The molecule has 2 atom stereocenters. The van der Waals surface area contributed by atoms with Crippen LogP contribution in [0.25, 0.3) is 0 Å². The summed E-state index contributed by atoms with van der Waals surface area (Å²) in [4.78, 5) is 0. The SMILES string of the molecule is Cc1cccc(C(C)(C)C2CCCCC2C)c1. The molecule has 1 aliphatic rings. The van der Waals surface area contributed by atoms with Gasteiger partial charge in [-0.15, -0.1) is 0 Å². The van der Waals surface area contributed by atoms with Gasteiger partial charge < -0.3 is 0 Å². The van der Waals surface area contributed by atoms with Crippen molar-refractivity contribution >= 4 is 0 Å². The van der Waals surface area contributed by atoms with Crippen LogP contribution in [0.1, 0.15) is 57.6 Å². The summed E-state index contributed by atoms with van der Waals surface area (Å²) >= 11 is 0. The van der Waals surface area contributed by atoms with E-state index in [2.05, 4.69) is 52.0 Å². The number of aryl methyl sites for hydroxylation is 1. The fourth-order valence-electron chi connectivity index (χ4n) is 3.65. The molecule has 94 valence electrons. The molecule has 1 saturated carbocycles. The lowest BCUT2D eigenvalue weighted by Crippen LogP contribution is -2.35. The van der Waals surface area contributed by atoms with E-state index < -0.39 is 0 Å². The van der Waals surface area contributed by atoms with Crippen molar-refractivity contribution in [1.29, 1.82) is 0 Å². The third kappa shape index (κ3) is 2.56. The van der Waals surface area contributed by atoms with Gasteiger partial charge in [-0.05, 0) is 36.2 Å². The minimum atomic E-state index is 0.325. The van der Waals surface area contributed by atoms with Crippen molar-refractivity contribution in [2.24, 2.45) is 11.8 Å². The summed E-state index contributed by atoms with van der Waals surface area (Å²) in [6.07, 6.45) is 5.67. The Morgan fingerprint density at radius 3 is 2.47 bits per heavy atom. The van der Waals surface area contributed by atoms with Gasteiger partial charge >= 0.3 is 0 Å². The van der Waals surface area contributed by atoms with Gasteiger partial charge in [0, 0.05) is 0 Å². The van der Waals surface area contributed by atoms with E-state index in [1.54, 1.807) is 0 Å². The van der Waals surface area contributed by atoms with E-state index in [4.69, 9.17) is 0 Å². The average molecular weight is 230 g/mol. The Balaban J connectivity index is 2.28. The summed E-state index contributed by atoms with van der Waals surface area (Å²) in [7, 11) is 0. The van der Waals surface area contributed by atoms with E-state index in [-0.39, 0.29) is 0 Å². The summed E-state index contributed by atoms with van der Waals surface area (Å²) in [5, 5.41) is 0. The molecule has 0 amide bonds. The topological polar surface area (TPSA) is 0 Å². The molecule has 0 saturated heterocycles. The van der Waals surface area contributed by atoms with Crippen LogP contribution >= 0.6 is 0 Å². The molecule has 1 aliphatic carbocycles. The first kappa shape index (κ1) is 12.7. The van der Waals surface area contributed by atoms with Crippen LogP contribution in [-0.2, 0) is 5.41 Å². The predicted molar refractivity (Wildman–Crippen MR) is 75.3 cm³/mol. The van der Waals surface area contributed by atoms with E-state index >= 15 is 0 Å². The third-order valence-corrected chi connectivity index (χ3v) is 4.80. The Kier molecular flexibility index (Phi) is 3.61. The van der Waals surface area contributed by atoms with E-state index in [0.717, 1.165) is 11.8 Å². The van der Waals surface area contributed by atoms with Crippen LogP contribution in [0.2, 0.25) is 0 Å². The molecule has 1 fully saturated rings. The largest absolute Gasteiger partial charge is 0.0622 e. The normalized spacial score (nSPS) is 25.9. The second-order valence-corrected chi connectivity index (χ2v) is 6.46. The average Bonchev–Trinajstić information content (AvgIpc) is 2.29. The Morgan fingerprint density at radius 1 is 1.12 bits per heavy atom. The third-order valence-electron chi connectivity index (χ3n) is 4.80. The van der Waals surface area contributed by atoms with Gasteiger partial charge in [-0.3, -0.25) is 0 Å². The van der Waals surface area contributed by atoms with Crippen LogP contribution in [-0.4, -0.2) is 0 Å². The monoisotopic (exact) mass is 230 g/mol. The first-order valence-corrected chi connectivity index (χ1v) is 7.09. The van der Waals surface area contributed by atoms with E-state index in [1.165, 1.54) is 36.8 Å². The number of hydrogen-bond acceptors (Lipinski definition) is 0. The highest BCUT2D eigenvalue weighted by molar-refractivity contribution is 5.29. The smallest absolute Gasteiger partial charge is 0.00727 e. The minimum Gasteiger partial charge on any atom is -0.0622 e. The molecule has 2 unspecified atom stereocenters. The van der Waals surface area contributed by atoms with Crippen LogP contribution in [0.3, 0.4) is 0 Å². The zero-order valence-corrected chi connectivity index (χ0v) is 11.8. The van der Waals surface area contributed by atoms with Gasteiger partial charge in [0.15, 0.2) is 0 Å². The van der Waals surface area contributed by atoms with E-state index in [1.807, 2.05) is 0 Å². The van der Waals surface area contributed by atoms with Gasteiger partial charge in [0.25, 0.3) is 0 Å². The molecule has 0 nitrogen and oxygen atoms in total. The molecule has 0 heterocycles. The zero-order chi connectivity index (χ0) is 12.5. The molecule has 0 aromatic heterocycles. The van der Waals surface area contributed by atoms with Crippen LogP contribution in [0.15, 0.2) is 24.3 Å². The van der Waals surface area contributed by atoms with Gasteiger partial charge in [0.2, 0.25) is 0 Å². The van der Waals surface area contributed by atoms with Crippen molar-refractivity contribution < 1.29 is 0 Å².